The minimum Gasteiger partial charge on any atom is -0.491 e. The number of likely N-dealkylation sites (tertiary alicyclic amines) is 1. The molecule has 3 heterocycles. The Morgan fingerprint density at radius 2 is 1.74 bits per heavy atom. The summed E-state index contributed by atoms with van der Waals surface area (Å²) in [6, 6.07) is 14.0. The fourth-order valence-electron chi connectivity index (χ4n) is 8.29. The molecule has 4 amide bonds. The van der Waals surface area contributed by atoms with Gasteiger partial charge in [-0.15, -0.1) is 0 Å². The highest BCUT2D eigenvalue weighted by Crippen LogP contribution is 2.65. The summed E-state index contributed by atoms with van der Waals surface area (Å²) in [7, 11) is 1.43. The van der Waals surface area contributed by atoms with Crippen LogP contribution in [0.2, 0.25) is 10.0 Å². The van der Waals surface area contributed by atoms with Gasteiger partial charge in [-0.05, 0) is 48.6 Å². The molecular weight excluding hydrogens is 700 g/mol. The Kier molecular flexibility index (Phi) is 8.43. The van der Waals surface area contributed by atoms with Gasteiger partial charge >= 0.3 is 6.18 Å². The third kappa shape index (κ3) is 5.08. The van der Waals surface area contributed by atoms with Gasteiger partial charge < -0.3 is 9.84 Å². The number of hydrazine groups is 1. The number of allylic oxidation sites excluding steroid dienone is 2. The van der Waals surface area contributed by atoms with Crippen molar-refractivity contribution in [1.82, 2.24) is 14.9 Å². The first-order chi connectivity index (χ1) is 23.8. The molecule has 15 heteroatoms. The highest BCUT2D eigenvalue weighted by Gasteiger charge is 2.70. The summed E-state index contributed by atoms with van der Waals surface area (Å²) in [6.07, 6.45) is -2.11. The number of nitrogens with one attached hydrogen (secondary N) is 1. The molecule has 2 saturated heterocycles. The van der Waals surface area contributed by atoms with Crippen molar-refractivity contribution in [3.63, 3.8) is 0 Å². The van der Waals surface area contributed by atoms with Crippen molar-refractivity contribution >= 4 is 52.6 Å². The molecule has 1 saturated carbocycles. The van der Waals surface area contributed by atoms with E-state index in [0.717, 1.165) is 9.91 Å². The Labute approximate surface area is 293 Å². The van der Waals surface area contributed by atoms with E-state index in [1.165, 1.54) is 7.05 Å². The highest BCUT2D eigenvalue weighted by molar-refractivity contribution is 6.33. The lowest BCUT2D eigenvalue weighted by atomic mass is 9.49. The third-order valence-corrected chi connectivity index (χ3v) is 10.9. The van der Waals surface area contributed by atoms with Crippen LogP contribution >= 0.6 is 23.2 Å². The number of hydrogen-bond acceptors (Lipinski definition) is 8. The van der Waals surface area contributed by atoms with Gasteiger partial charge in [0.25, 0.3) is 11.8 Å². The molecule has 2 aliphatic heterocycles. The van der Waals surface area contributed by atoms with Gasteiger partial charge in [0.2, 0.25) is 11.8 Å². The number of para-hydroxylation sites is 1. The molecule has 3 fully saturated rings. The molecule has 1 aromatic heterocycles. The smallest absolute Gasteiger partial charge is 0.417 e. The number of anilines is 1. The zero-order valence-electron chi connectivity index (χ0n) is 26.3. The molecule has 6 unspecified atom stereocenters. The van der Waals surface area contributed by atoms with Gasteiger partial charge in [0.1, 0.15) is 12.4 Å². The zero-order chi connectivity index (χ0) is 35.7. The summed E-state index contributed by atoms with van der Waals surface area (Å²) in [5.41, 5.74) is 1.35. The number of fused-ring (bicyclic) bond motifs is 4. The first kappa shape index (κ1) is 34.0. The Morgan fingerprint density at radius 3 is 2.42 bits per heavy atom. The van der Waals surface area contributed by atoms with E-state index in [1.807, 2.05) is 6.08 Å². The van der Waals surface area contributed by atoms with Crippen LogP contribution in [0.25, 0.3) is 0 Å². The number of nitrogens with zero attached hydrogens (tertiary/aromatic N) is 3. The molecule has 7 rings (SSSR count). The number of pyridine rings is 1. The van der Waals surface area contributed by atoms with E-state index >= 15 is 4.79 Å². The highest BCUT2D eigenvalue weighted by atomic mass is 35.5. The number of aliphatic hydroxyl groups excluding tert-OH is 1. The first-order valence-corrected chi connectivity index (χ1v) is 16.5. The number of hydrogen-bond donors (Lipinski definition) is 2. The van der Waals surface area contributed by atoms with E-state index in [2.05, 4.69) is 10.4 Å². The molecular formula is C35H29Cl2F3N4O6. The number of ether oxygens (including phenoxy) is 1. The molecule has 0 spiro atoms. The number of aliphatic hydroxyl groups is 1. The Balaban J connectivity index is 1.45. The number of carbonyl (C=O) groups is 4. The average Bonchev–Trinajstić information content (AvgIpc) is 3.44. The Hall–Kier alpha value is -4.46. The molecule has 260 valence electrons. The van der Waals surface area contributed by atoms with Crippen LogP contribution < -0.4 is 10.2 Å². The summed E-state index contributed by atoms with van der Waals surface area (Å²) in [4.78, 5) is 61.6. The number of amides is 4. The van der Waals surface area contributed by atoms with Crippen molar-refractivity contribution in [3.05, 3.63) is 99.2 Å². The van der Waals surface area contributed by atoms with Crippen LogP contribution in [0.3, 0.4) is 0 Å². The largest absolute Gasteiger partial charge is 0.491 e. The number of imide groups is 2. The lowest BCUT2D eigenvalue weighted by Gasteiger charge is -2.50. The normalized spacial score (nSPS) is 27.6. The third-order valence-electron chi connectivity index (χ3n) is 10.4. The minimum atomic E-state index is -4.74. The topological polar surface area (TPSA) is 129 Å². The van der Waals surface area contributed by atoms with E-state index in [1.54, 1.807) is 48.5 Å². The van der Waals surface area contributed by atoms with Crippen molar-refractivity contribution in [2.45, 2.75) is 30.4 Å². The van der Waals surface area contributed by atoms with Crippen LogP contribution in [0.15, 0.2) is 72.4 Å². The van der Waals surface area contributed by atoms with E-state index in [0.29, 0.717) is 39.7 Å². The Morgan fingerprint density at radius 1 is 1.02 bits per heavy atom. The summed E-state index contributed by atoms with van der Waals surface area (Å²) in [5, 5.41) is 10.2. The number of carbonyl (C=O) groups excluding carboxylic acids is 4. The maximum atomic E-state index is 15.2. The fraction of sp³-hybridized carbons (Fsp3) is 0.343. The van der Waals surface area contributed by atoms with E-state index in [-0.39, 0.29) is 43.7 Å². The van der Waals surface area contributed by atoms with E-state index < -0.39 is 63.6 Å². The maximum absolute atomic E-state index is 15.2. The average molecular weight is 730 g/mol. The predicted molar refractivity (Wildman–Crippen MR) is 174 cm³/mol. The van der Waals surface area contributed by atoms with Crippen molar-refractivity contribution < 1.29 is 42.2 Å². The van der Waals surface area contributed by atoms with Gasteiger partial charge in [0, 0.05) is 29.7 Å². The van der Waals surface area contributed by atoms with Crippen LogP contribution in [0, 0.1) is 23.7 Å². The monoisotopic (exact) mass is 728 g/mol. The lowest BCUT2D eigenvalue weighted by molar-refractivity contribution is -0.140. The molecule has 50 heavy (non-hydrogen) atoms. The van der Waals surface area contributed by atoms with Crippen molar-refractivity contribution in [3.8, 4) is 5.75 Å². The second-order valence-corrected chi connectivity index (χ2v) is 13.6. The number of benzene rings is 2. The van der Waals surface area contributed by atoms with Crippen LogP contribution in [0.4, 0.5) is 19.0 Å². The number of aromatic nitrogens is 1. The van der Waals surface area contributed by atoms with E-state index in [4.69, 9.17) is 27.9 Å². The van der Waals surface area contributed by atoms with Gasteiger partial charge in [-0.25, -0.2) is 4.98 Å². The molecule has 0 bridgehead atoms. The summed E-state index contributed by atoms with van der Waals surface area (Å²) < 4.78 is 46.2. The van der Waals surface area contributed by atoms with Crippen LogP contribution in [0.5, 0.6) is 5.75 Å². The maximum Gasteiger partial charge on any atom is 0.417 e. The lowest BCUT2D eigenvalue weighted by Crippen LogP contribution is -2.53. The van der Waals surface area contributed by atoms with E-state index in [9.17, 15) is 32.7 Å². The molecule has 2 aliphatic carbocycles. The first-order valence-electron chi connectivity index (χ1n) is 15.8. The molecule has 0 radical (unpaired) electrons. The van der Waals surface area contributed by atoms with Gasteiger partial charge in [-0.3, -0.25) is 29.5 Å². The number of alkyl halides is 3. The number of rotatable bonds is 7. The second kappa shape index (κ2) is 12.4. The summed E-state index contributed by atoms with van der Waals surface area (Å²) in [5.74, 6) is -6.40. The van der Waals surface area contributed by atoms with Crippen molar-refractivity contribution in [1.29, 1.82) is 0 Å². The Bertz CT molecular complexity index is 1960. The molecule has 2 aromatic carbocycles. The van der Waals surface area contributed by atoms with Gasteiger partial charge in [0.05, 0.1) is 40.4 Å². The summed E-state index contributed by atoms with van der Waals surface area (Å²) >= 11 is 12.5. The zero-order valence-corrected chi connectivity index (χ0v) is 27.8. The standard InChI is InChI=1S/C35H29Cl2F3N4O6/c1-43-30(46)22-11-10-20-23(27(22)32(43)48)15-24-31(47)44(42-29-25(37)14-18(16-41-29)35(38,39)40)33(49)34(24,17-6-8-19(36)9-7-17)28(20)21-4-2-3-5-26(21)50-13-12-45/h2-10,14,16,22-24,27-28,45H,11-13,15H2,1H3,(H,41,42). The second-order valence-electron chi connectivity index (χ2n) is 12.8. The summed E-state index contributed by atoms with van der Waals surface area (Å²) in [6.45, 7) is -0.386. The predicted octanol–water partition coefficient (Wildman–Crippen LogP) is 5.39. The van der Waals surface area contributed by atoms with Gasteiger partial charge in [0.15, 0.2) is 5.82 Å². The van der Waals surface area contributed by atoms with Crippen LogP contribution in [-0.2, 0) is 30.8 Å². The molecule has 10 nitrogen and oxygen atoms in total. The van der Waals surface area contributed by atoms with Crippen molar-refractivity contribution in [2.24, 2.45) is 23.7 Å². The molecule has 3 aromatic rings. The fourth-order valence-corrected chi connectivity index (χ4v) is 8.63. The quantitative estimate of drug-likeness (QED) is 0.245. The van der Waals surface area contributed by atoms with Gasteiger partial charge in [-0.1, -0.05) is 65.2 Å². The number of halogens is 5. The van der Waals surface area contributed by atoms with Crippen LogP contribution in [-0.4, -0.2) is 63.9 Å². The molecule has 6 atom stereocenters. The molecule has 4 aliphatic rings. The molecule has 2 N–H and O–H groups in total. The van der Waals surface area contributed by atoms with Crippen LogP contribution in [0.1, 0.15) is 35.4 Å². The van der Waals surface area contributed by atoms with Gasteiger partial charge in [-0.2, -0.15) is 18.2 Å². The minimum absolute atomic E-state index is 0.00439. The SMILES string of the molecule is CN1C(=O)C2CC=C3C(CC4C(=O)N(Nc5ncc(C(F)(F)F)cc5Cl)C(=O)C4(c4ccc(Cl)cc4)C3c3ccccc3OCCO)C2C1=O. The van der Waals surface area contributed by atoms with Crippen molar-refractivity contribution in [2.75, 3.05) is 25.7 Å².